The maximum Gasteiger partial charge on any atom is 0.306 e. The van der Waals surface area contributed by atoms with Crippen LogP contribution in [-0.4, -0.2) is 37.2 Å². The van der Waals surface area contributed by atoms with Gasteiger partial charge in [-0.3, -0.25) is 14.4 Å². The maximum absolute atomic E-state index is 13.0. The van der Waals surface area contributed by atoms with Gasteiger partial charge in [-0.05, 0) is 141 Å². The monoisotopic (exact) mass is 1150 g/mol. The molecule has 0 fully saturated rings. The fourth-order valence-electron chi connectivity index (χ4n) is 9.23. The van der Waals surface area contributed by atoms with Gasteiger partial charge in [0.05, 0.1) is 0 Å². The van der Waals surface area contributed by atoms with Crippen molar-refractivity contribution < 1.29 is 28.6 Å². The first-order valence-electron chi connectivity index (χ1n) is 34.3. The van der Waals surface area contributed by atoms with Crippen molar-refractivity contribution in [3.63, 3.8) is 0 Å². The normalized spacial score (nSPS) is 13.0. The molecule has 0 saturated carbocycles. The van der Waals surface area contributed by atoms with E-state index in [4.69, 9.17) is 14.2 Å². The third-order valence-corrected chi connectivity index (χ3v) is 14.3. The third kappa shape index (κ3) is 68.0. The average Bonchev–Trinajstić information content (AvgIpc) is 3.49. The number of unbranched alkanes of at least 4 members (excludes halogenated alkanes) is 26. The molecule has 0 aromatic heterocycles. The molecular formula is C77H126O6. The number of hydrogen-bond acceptors (Lipinski definition) is 6. The topological polar surface area (TPSA) is 78.9 Å². The minimum Gasteiger partial charge on any atom is -0.462 e. The second-order valence-electron chi connectivity index (χ2n) is 22.3. The smallest absolute Gasteiger partial charge is 0.306 e. The minimum absolute atomic E-state index is 0.0965. The molecule has 0 bridgehead atoms. The summed E-state index contributed by atoms with van der Waals surface area (Å²) in [5.41, 5.74) is 0. The highest BCUT2D eigenvalue weighted by Gasteiger charge is 2.19. The van der Waals surface area contributed by atoms with Crippen LogP contribution in [-0.2, 0) is 28.6 Å². The van der Waals surface area contributed by atoms with Crippen LogP contribution in [0.25, 0.3) is 0 Å². The molecule has 0 aliphatic carbocycles. The summed E-state index contributed by atoms with van der Waals surface area (Å²) in [6.45, 7) is 6.39. The van der Waals surface area contributed by atoms with Crippen molar-refractivity contribution >= 4 is 17.9 Å². The molecule has 470 valence electrons. The first kappa shape index (κ1) is 78.3. The van der Waals surface area contributed by atoms with Crippen LogP contribution in [0.3, 0.4) is 0 Å². The molecule has 1 unspecified atom stereocenters. The number of ether oxygens (including phenoxy) is 3. The van der Waals surface area contributed by atoms with E-state index in [0.717, 1.165) is 154 Å². The van der Waals surface area contributed by atoms with Crippen molar-refractivity contribution in [2.24, 2.45) is 0 Å². The van der Waals surface area contributed by atoms with Crippen LogP contribution in [0.5, 0.6) is 0 Å². The van der Waals surface area contributed by atoms with Gasteiger partial charge < -0.3 is 14.2 Å². The van der Waals surface area contributed by atoms with E-state index in [1.165, 1.54) is 109 Å². The Morgan fingerprint density at radius 1 is 0.253 bits per heavy atom. The molecule has 0 spiro atoms. The van der Waals surface area contributed by atoms with Gasteiger partial charge in [0.1, 0.15) is 13.2 Å². The van der Waals surface area contributed by atoms with Gasteiger partial charge in [0.15, 0.2) is 6.10 Å². The number of allylic oxidation sites excluding steroid dienone is 24. The Morgan fingerprint density at radius 3 is 0.735 bits per heavy atom. The summed E-state index contributed by atoms with van der Waals surface area (Å²) in [5, 5.41) is 0. The molecule has 1 atom stereocenters. The van der Waals surface area contributed by atoms with E-state index in [-0.39, 0.29) is 31.1 Å². The van der Waals surface area contributed by atoms with Crippen molar-refractivity contribution in [1.29, 1.82) is 0 Å². The van der Waals surface area contributed by atoms with Crippen molar-refractivity contribution in [2.75, 3.05) is 13.2 Å². The van der Waals surface area contributed by atoms with E-state index in [1.54, 1.807) is 0 Å². The van der Waals surface area contributed by atoms with Crippen LogP contribution in [0.15, 0.2) is 146 Å². The molecule has 0 radical (unpaired) electrons. The Bertz CT molecular complexity index is 1800. The van der Waals surface area contributed by atoms with E-state index in [2.05, 4.69) is 167 Å². The van der Waals surface area contributed by atoms with Gasteiger partial charge in [0.2, 0.25) is 0 Å². The Kier molecular flexibility index (Phi) is 65.8. The summed E-state index contributed by atoms with van der Waals surface area (Å²) < 4.78 is 17.0. The molecule has 0 rings (SSSR count). The first-order valence-corrected chi connectivity index (χ1v) is 34.3. The highest BCUT2D eigenvalue weighted by Crippen LogP contribution is 2.15. The van der Waals surface area contributed by atoms with E-state index < -0.39 is 6.10 Å². The summed E-state index contributed by atoms with van der Waals surface area (Å²) in [6, 6.07) is 0. The third-order valence-electron chi connectivity index (χ3n) is 14.3. The standard InChI is InChI=1S/C77H126O6/c1-4-7-10-13-16-19-22-25-28-31-34-36-38-40-43-46-49-52-55-58-61-64-67-70-76(79)82-73-74(72-81-75(78)69-66-63-60-57-54-51-48-45-42-33-30-27-24-21-18-15-12-9-6-3)83-77(80)71-68-65-62-59-56-53-50-47-44-41-39-37-35-32-29-26-23-20-17-14-11-8-5-2/h7,9-10,12,16,18-19,21,23,25-28,30,32,34-36,39-43,45,74H,4-6,8,11,13-15,17,20,22,24,29,31,33,37-38,44,46-73H2,1-3H3/b10-7-,12-9-,19-16-,21-18-,26-23-,28-25-,30-27-,35-32-,36-34-,41-39-,43-40-,45-42-. The molecule has 0 amide bonds. The summed E-state index contributed by atoms with van der Waals surface area (Å²) >= 11 is 0. The highest BCUT2D eigenvalue weighted by atomic mass is 16.6. The zero-order chi connectivity index (χ0) is 59.9. The van der Waals surface area contributed by atoms with Crippen LogP contribution in [0.2, 0.25) is 0 Å². The second kappa shape index (κ2) is 69.8. The predicted octanol–water partition coefficient (Wildman–Crippen LogP) is 23.9. The number of esters is 3. The van der Waals surface area contributed by atoms with Gasteiger partial charge in [-0.25, -0.2) is 0 Å². The van der Waals surface area contributed by atoms with Crippen LogP contribution in [0.1, 0.15) is 303 Å². The number of carbonyl (C=O) groups is 3. The summed E-state index contributed by atoms with van der Waals surface area (Å²) in [7, 11) is 0. The lowest BCUT2D eigenvalue weighted by atomic mass is 10.1. The zero-order valence-electron chi connectivity index (χ0n) is 53.9. The molecule has 6 nitrogen and oxygen atoms in total. The Balaban J connectivity index is 4.47. The fraction of sp³-hybridized carbons (Fsp3) is 0.649. The molecule has 0 aromatic carbocycles. The van der Waals surface area contributed by atoms with Gasteiger partial charge in [-0.1, -0.05) is 289 Å². The predicted molar refractivity (Wildman–Crippen MR) is 362 cm³/mol. The molecule has 0 aliphatic rings. The molecule has 0 heterocycles. The lowest BCUT2D eigenvalue weighted by Gasteiger charge is -2.18. The van der Waals surface area contributed by atoms with Crippen LogP contribution >= 0.6 is 0 Å². The van der Waals surface area contributed by atoms with Gasteiger partial charge in [0.25, 0.3) is 0 Å². The Labute approximate surface area is 512 Å². The quantitative estimate of drug-likeness (QED) is 0.0261. The molecule has 0 aromatic rings. The fourth-order valence-corrected chi connectivity index (χ4v) is 9.23. The van der Waals surface area contributed by atoms with Crippen molar-refractivity contribution in [3.8, 4) is 0 Å². The summed E-state index contributed by atoms with van der Waals surface area (Å²) in [6.07, 6.45) is 99.9. The van der Waals surface area contributed by atoms with E-state index in [0.29, 0.717) is 19.3 Å². The lowest BCUT2D eigenvalue weighted by molar-refractivity contribution is -0.167. The maximum atomic E-state index is 13.0. The van der Waals surface area contributed by atoms with E-state index in [9.17, 15) is 14.4 Å². The molecule has 0 saturated heterocycles. The average molecular weight is 1150 g/mol. The molecule has 0 N–H and O–H groups in total. The van der Waals surface area contributed by atoms with Gasteiger partial charge in [-0.2, -0.15) is 0 Å². The molecule has 0 aliphatic heterocycles. The van der Waals surface area contributed by atoms with Crippen molar-refractivity contribution in [2.45, 2.75) is 309 Å². The van der Waals surface area contributed by atoms with Crippen LogP contribution in [0, 0.1) is 0 Å². The molecular weight excluding hydrogens is 1020 g/mol. The number of rotatable bonds is 61. The van der Waals surface area contributed by atoms with Gasteiger partial charge in [0, 0.05) is 19.3 Å². The van der Waals surface area contributed by atoms with Crippen molar-refractivity contribution in [1.82, 2.24) is 0 Å². The Hall–Kier alpha value is -4.71. The van der Waals surface area contributed by atoms with Gasteiger partial charge >= 0.3 is 17.9 Å². The summed E-state index contributed by atoms with van der Waals surface area (Å²) in [4.78, 5) is 38.5. The largest absolute Gasteiger partial charge is 0.462 e. The van der Waals surface area contributed by atoms with E-state index >= 15 is 0 Å². The van der Waals surface area contributed by atoms with Gasteiger partial charge in [-0.15, -0.1) is 0 Å². The number of hydrogen-bond donors (Lipinski definition) is 0. The first-order chi connectivity index (χ1) is 41.0. The summed E-state index contributed by atoms with van der Waals surface area (Å²) in [5.74, 6) is -0.923. The van der Waals surface area contributed by atoms with Crippen LogP contribution in [0.4, 0.5) is 0 Å². The zero-order valence-corrected chi connectivity index (χ0v) is 53.9. The molecule has 83 heavy (non-hydrogen) atoms. The Morgan fingerprint density at radius 2 is 0.470 bits per heavy atom. The molecule has 6 heteroatoms. The minimum atomic E-state index is -0.802. The van der Waals surface area contributed by atoms with Crippen molar-refractivity contribution in [3.05, 3.63) is 146 Å². The SMILES string of the molecule is CC/C=C\C/C=C\C/C=C\C/C=C\C/C=C\CCCCCCCCCC(=O)OCC(COC(=O)CCCCCCCC/C=C\C/C=C\C/C=C\C/C=C\CC)OC(=O)CCCCCCCCCC/C=C\C/C=C\C/C=C\CCCCCCC. The highest BCUT2D eigenvalue weighted by molar-refractivity contribution is 5.71. The lowest BCUT2D eigenvalue weighted by Crippen LogP contribution is -2.30. The van der Waals surface area contributed by atoms with E-state index in [1.807, 2.05) is 0 Å². The van der Waals surface area contributed by atoms with Crippen LogP contribution < -0.4 is 0 Å². The second-order valence-corrected chi connectivity index (χ2v) is 22.3. The number of carbonyl (C=O) groups excluding carboxylic acids is 3.